The van der Waals surface area contributed by atoms with Gasteiger partial charge in [0, 0.05) is 8.95 Å². The lowest BCUT2D eigenvalue weighted by Gasteiger charge is -2.21. The summed E-state index contributed by atoms with van der Waals surface area (Å²) < 4.78 is 15.3. The molecule has 0 unspecified atom stereocenters. The van der Waals surface area contributed by atoms with Gasteiger partial charge in [0.2, 0.25) is 0 Å². The minimum Gasteiger partial charge on any atom is -0.207 e. The van der Waals surface area contributed by atoms with Crippen LogP contribution in [0.15, 0.2) is 45.3 Å². The second-order valence-corrected chi connectivity index (χ2v) is 7.28. The first-order valence-electron chi connectivity index (χ1n) is 6.04. The molecular formula is C16H15Br2F. The van der Waals surface area contributed by atoms with E-state index in [0.717, 1.165) is 20.1 Å². The van der Waals surface area contributed by atoms with E-state index in [4.69, 9.17) is 0 Å². The number of hydrogen-bond donors (Lipinski definition) is 0. The maximum absolute atomic E-state index is 13.5. The summed E-state index contributed by atoms with van der Waals surface area (Å²) in [5, 5.41) is 0. The van der Waals surface area contributed by atoms with Crippen molar-refractivity contribution in [3.05, 3.63) is 56.7 Å². The maximum Gasteiger partial charge on any atom is 0.123 e. The summed E-state index contributed by atoms with van der Waals surface area (Å²) in [7, 11) is 0. The average molecular weight is 386 g/mol. The van der Waals surface area contributed by atoms with E-state index < -0.39 is 0 Å². The van der Waals surface area contributed by atoms with Crippen LogP contribution >= 0.6 is 31.9 Å². The van der Waals surface area contributed by atoms with Gasteiger partial charge in [-0.25, -0.2) is 4.39 Å². The molecule has 0 saturated heterocycles. The third kappa shape index (κ3) is 3.26. The van der Waals surface area contributed by atoms with Crippen molar-refractivity contribution in [2.24, 2.45) is 0 Å². The van der Waals surface area contributed by atoms with E-state index in [-0.39, 0.29) is 11.2 Å². The van der Waals surface area contributed by atoms with Gasteiger partial charge in [-0.2, -0.15) is 0 Å². The summed E-state index contributed by atoms with van der Waals surface area (Å²) in [6, 6.07) is 11.0. The van der Waals surface area contributed by atoms with E-state index in [0.29, 0.717) is 0 Å². The van der Waals surface area contributed by atoms with E-state index in [1.807, 2.05) is 6.07 Å². The van der Waals surface area contributed by atoms with Crippen molar-refractivity contribution in [3.8, 4) is 11.1 Å². The van der Waals surface area contributed by atoms with Crippen molar-refractivity contribution in [2.45, 2.75) is 26.2 Å². The van der Waals surface area contributed by atoms with Crippen molar-refractivity contribution in [3.63, 3.8) is 0 Å². The van der Waals surface area contributed by atoms with Gasteiger partial charge >= 0.3 is 0 Å². The predicted octanol–water partition coefficient (Wildman–Crippen LogP) is 6.32. The lowest BCUT2D eigenvalue weighted by atomic mass is 9.85. The predicted molar refractivity (Wildman–Crippen MR) is 85.9 cm³/mol. The smallest absolute Gasteiger partial charge is 0.123 e. The Kier molecular flexibility index (Phi) is 4.17. The van der Waals surface area contributed by atoms with Crippen LogP contribution in [0, 0.1) is 5.82 Å². The molecule has 0 aliphatic heterocycles. The zero-order valence-corrected chi connectivity index (χ0v) is 14.3. The van der Waals surface area contributed by atoms with Crippen LogP contribution in [0.4, 0.5) is 4.39 Å². The van der Waals surface area contributed by atoms with Gasteiger partial charge in [-0.15, -0.1) is 0 Å². The van der Waals surface area contributed by atoms with Gasteiger partial charge < -0.3 is 0 Å². The number of halogens is 3. The van der Waals surface area contributed by atoms with Crippen LogP contribution in [0.3, 0.4) is 0 Å². The molecule has 0 bridgehead atoms. The zero-order valence-electron chi connectivity index (χ0n) is 11.1. The fourth-order valence-corrected chi connectivity index (χ4v) is 2.82. The molecule has 0 saturated carbocycles. The van der Waals surface area contributed by atoms with Crippen LogP contribution in [0.1, 0.15) is 26.3 Å². The molecule has 100 valence electrons. The third-order valence-electron chi connectivity index (χ3n) is 3.05. The highest BCUT2D eigenvalue weighted by atomic mass is 79.9. The molecule has 0 heterocycles. The highest BCUT2D eigenvalue weighted by molar-refractivity contribution is 9.11. The van der Waals surface area contributed by atoms with Gasteiger partial charge in [0.25, 0.3) is 0 Å². The normalized spacial score (nSPS) is 11.7. The Morgan fingerprint density at radius 2 is 1.37 bits per heavy atom. The number of rotatable bonds is 1. The van der Waals surface area contributed by atoms with E-state index >= 15 is 0 Å². The Hall–Kier alpha value is -0.670. The lowest BCUT2D eigenvalue weighted by molar-refractivity contribution is 0.590. The van der Waals surface area contributed by atoms with Crippen LogP contribution in [-0.4, -0.2) is 0 Å². The topological polar surface area (TPSA) is 0 Å². The molecule has 0 N–H and O–H groups in total. The van der Waals surface area contributed by atoms with Crippen LogP contribution < -0.4 is 0 Å². The number of hydrogen-bond acceptors (Lipinski definition) is 0. The summed E-state index contributed by atoms with van der Waals surface area (Å²) in [6.07, 6.45) is 0. The SMILES string of the molecule is CC(C)(C)c1ccc(Br)c(-c2cc(F)ccc2Br)c1. The Bertz CT molecular complexity index is 613. The van der Waals surface area contributed by atoms with Crippen LogP contribution in [0.5, 0.6) is 0 Å². The molecule has 0 nitrogen and oxygen atoms in total. The van der Waals surface area contributed by atoms with E-state index in [9.17, 15) is 4.39 Å². The second-order valence-electron chi connectivity index (χ2n) is 5.57. The van der Waals surface area contributed by atoms with Crippen molar-refractivity contribution >= 4 is 31.9 Å². The molecule has 2 aromatic rings. The quantitative estimate of drug-likeness (QED) is 0.539. The fraction of sp³-hybridized carbons (Fsp3) is 0.250. The highest BCUT2D eigenvalue weighted by Crippen LogP contribution is 2.37. The summed E-state index contributed by atoms with van der Waals surface area (Å²) >= 11 is 7.04. The lowest BCUT2D eigenvalue weighted by Crippen LogP contribution is -2.11. The minimum absolute atomic E-state index is 0.0647. The fourth-order valence-electron chi connectivity index (χ4n) is 1.90. The Morgan fingerprint density at radius 1 is 0.842 bits per heavy atom. The monoisotopic (exact) mass is 384 g/mol. The molecule has 0 aromatic heterocycles. The Morgan fingerprint density at radius 3 is 1.95 bits per heavy atom. The molecule has 0 radical (unpaired) electrons. The molecule has 0 aliphatic carbocycles. The van der Waals surface area contributed by atoms with Gasteiger partial charge in [-0.3, -0.25) is 0 Å². The Balaban J connectivity index is 2.64. The minimum atomic E-state index is -0.230. The first-order chi connectivity index (χ1) is 8.79. The molecule has 0 atom stereocenters. The zero-order chi connectivity index (χ0) is 14.2. The van der Waals surface area contributed by atoms with Gasteiger partial charge in [0.15, 0.2) is 0 Å². The molecule has 0 spiro atoms. The summed E-state index contributed by atoms with van der Waals surface area (Å²) in [4.78, 5) is 0. The maximum atomic E-state index is 13.5. The second kappa shape index (κ2) is 5.37. The average Bonchev–Trinajstić information content (AvgIpc) is 2.32. The van der Waals surface area contributed by atoms with Crippen molar-refractivity contribution in [1.82, 2.24) is 0 Å². The van der Waals surface area contributed by atoms with Crippen molar-refractivity contribution in [1.29, 1.82) is 0 Å². The van der Waals surface area contributed by atoms with Gasteiger partial charge in [0.05, 0.1) is 0 Å². The van der Waals surface area contributed by atoms with Crippen LogP contribution in [-0.2, 0) is 5.41 Å². The molecular weight excluding hydrogens is 371 g/mol. The van der Waals surface area contributed by atoms with Crippen LogP contribution in [0.2, 0.25) is 0 Å². The highest BCUT2D eigenvalue weighted by Gasteiger charge is 2.16. The van der Waals surface area contributed by atoms with E-state index in [1.165, 1.54) is 11.6 Å². The van der Waals surface area contributed by atoms with E-state index in [1.54, 1.807) is 12.1 Å². The molecule has 19 heavy (non-hydrogen) atoms. The third-order valence-corrected chi connectivity index (χ3v) is 4.43. The van der Waals surface area contributed by atoms with Crippen molar-refractivity contribution in [2.75, 3.05) is 0 Å². The molecule has 0 aliphatic rings. The summed E-state index contributed by atoms with van der Waals surface area (Å²) in [6.45, 7) is 6.50. The van der Waals surface area contributed by atoms with Gasteiger partial charge in [0.1, 0.15) is 5.82 Å². The van der Waals surface area contributed by atoms with Gasteiger partial charge in [-0.1, -0.05) is 58.7 Å². The van der Waals surface area contributed by atoms with Crippen LogP contribution in [0.25, 0.3) is 11.1 Å². The molecule has 2 aromatic carbocycles. The van der Waals surface area contributed by atoms with Crippen molar-refractivity contribution < 1.29 is 4.39 Å². The number of benzene rings is 2. The largest absolute Gasteiger partial charge is 0.207 e. The first kappa shape index (κ1) is 14.7. The molecule has 3 heteroatoms. The molecule has 0 fully saturated rings. The van der Waals surface area contributed by atoms with E-state index in [2.05, 4.69) is 64.8 Å². The summed E-state index contributed by atoms with van der Waals surface area (Å²) in [5.41, 5.74) is 3.15. The first-order valence-corrected chi connectivity index (χ1v) is 7.63. The molecule has 0 amide bonds. The summed E-state index contributed by atoms with van der Waals surface area (Å²) in [5.74, 6) is -0.230. The standard InChI is InChI=1S/C16H15Br2F/c1-16(2,3)10-4-6-14(17)12(8-10)13-9-11(19)5-7-15(13)18/h4-9H,1-3H3. The Labute approximate surface area is 130 Å². The molecule has 2 rings (SSSR count). The van der Waals surface area contributed by atoms with Gasteiger partial charge in [-0.05, 0) is 52.4 Å².